The molecule has 1 saturated carbocycles. The fourth-order valence-corrected chi connectivity index (χ4v) is 4.03. The Morgan fingerprint density at radius 1 is 1.14 bits per heavy atom. The van der Waals surface area contributed by atoms with Gasteiger partial charge in [-0.1, -0.05) is 18.9 Å². The lowest BCUT2D eigenvalue weighted by atomic mass is 9.88. The molecular formula is C18H28N2O. The minimum absolute atomic E-state index is 0.580. The van der Waals surface area contributed by atoms with Crippen LogP contribution in [0.25, 0.3) is 0 Å². The highest BCUT2D eigenvalue weighted by Crippen LogP contribution is 2.36. The maximum atomic E-state index is 5.51. The first-order valence-electron chi connectivity index (χ1n) is 8.42. The molecule has 21 heavy (non-hydrogen) atoms. The molecule has 0 bridgehead atoms. The van der Waals surface area contributed by atoms with Gasteiger partial charge in [0.25, 0.3) is 0 Å². The highest BCUT2D eigenvalue weighted by Gasteiger charge is 2.34. The van der Waals surface area contributed by atoms with Crippen LogP contribution in [0.5, 0.6) is 5.75 Å². The number of hydrogen-bond acceptors (Lipinski definition) is 3. The Morgan fingerprint density at radius 2 is 2.05 bits per heavy atom. The zero-order valence-electron chi connectivity index (χ0n) is 13.3. The standard InChI is InChI=1S/C18H28N2O/c1-13-9-10-18(21-2)17(12-13)20-16-8-5-6-14(16)15-7-3-4-11-19-15/h9-10,12,14-16,19-20H,3-8,11H2,1-2H3. The second kappa shape index (κ2) is 6.69. The molecule has 0 amide bonds. The molecule has 1 saturated heterocycles. The number of ether oxygens (including phenoxy) is 1. The third kappa shape index (κ3) is 3.34. The van der Waals surface area contributed by atoms with Crippen molar-refractivity contribution in [3.63, 3.8) is 0 Å². The van der Waals surface area contributed by atoms with Crippen molar-refractivity contribution >= 4 is 5.69 Å². The number of nitrogens with one attached hydrogen (secondary N) is 2. The van der Waals surface area contributed by atoms with Crippen molar-refractivity contribution in [1.29, 1.82) is 0 Å². The summed E-state index contributed by atoms with van der Waals surface area (Å²) in [7, 11) is 1.75. The van der Waals surface area contributed by atoms with Crippen molar-refractivity contribution in [3.05, 3.63) is 23.8 Å². The van der Waals surface area contributed by atoms with Crippen molar-refractivity contribution in [3.8, 4) is 5.75 Å². The summed E-state index contributed by atoms with van der Waals surface area (Å²) in [6.07, 6.45) is 8.04. The van der Waals surface area contributed by atoms with E-state index in [9.17, 15) is 0 Å². The van der Waals surface area contributed by atoms with E-state index in [-0.39, 0.29) is 0 Å². The van der Waals surface area contributed by atoms with Crippen LogP contribution in [0.15, 0.2) is 18.2 Å². The average molecular weight is 288 g/mol. The second-order valence-corrected chi connectivity index (χ2v) is 6.61. The Balaban J connectivity index is 1.72. The van der Waals surface area contributed by atoms with Crippen LogP contribution in [0, 0.1) is 12.8 Å². The zero-order chi connectivity index (χ0) is 14.7. The Bertz CT molecular complexity index is 468. The molecular weight excluding hydrogens is 260 g/mol. The van der Waals surface area contributed by atoms with Crippen molar-refractivity contribution in [2.24, 2.45) is 5.92 Å². The molecule has 3 rings (SSSR count). The van der Waals surface area contributed by atoms with Gasteiger partial charge in [0, 0.05) is 12.1 Å². The molecule has 1 heterocycles. The fraction of sp³-hybridized carbons (Fsp3) is 0.667. The van der Waals surface area contributed by atoms with Crippen LogP contribution in [0.3, 0.4) is 0 Å². The maximum absolute atomic E-state index is 5.51. The Hall–Kier alpha value is -1.22. The summed E-state index contributed by atoms with van der Waals surface area (Å²) in [5.74, 6) is 1.72. The lowest BCUT2D eigenvalue weighted by molar-refractivity contribution is 0.286. The van der Waals surface area contributed by atoms with Crippen LogP contribution in [-0.4, -0.2) is 25.7 Å². The molecule has 3 heteroatoms. The zero-order valence-corrected chi connectivity index (χ0v) is 13.3. The highest BCUT2D eigenvalue weighted by atomic mass is 16.5. The third-order valence-corrected chi connectivity index (χ3v) is 5.13. The SMILES string of the molecule is COc1ccc(C)cc1NC1CCCC1C1CCCCN1. The number of aryl methyl sites for hydroxylation is 1. The first-order chi connectivity index (χ1) is 10.3. The molecule has 3 unspecified atom stereocenters. The molecule has 2 fully saturated rings. The van der Waals surface area contributed by atoms with Crippen molar-refractivity contribution in [2.45, 2.75) is 57.5 Å². The van der Waals surface area contributed by atoms with Crippen molar-refractivity contribution in [1.82, 2.24) is 5.32 Å². The molecule has 2 aliphatic rings. The van der Waals surface area contributed by atoms with Gasteiger partial charge in [-0.05, 0) is 62.8 Å². The van der Waals surface area contributed by atoms with E-state index < -0.39 is 0 Å². The Morgan fingerprint density at radius 3 is 2.81 bits per heavy atom. The van der Waals surface area contributed by atoms with Gasteiger partial charge in [-0.3, -0.25) is 0 Å². The summed E-state index contributed by atoms with van der Waals surface area (Å²) >= 11 is 0. The van der Waals surface area contributed by atoms with Crippen LogP contribution >= 0.6 is 0 Å². The monoisotopic (exact) mass is 288 g/mol. The van der Waals surface area contributed by atoms with Gasteiger partial charge in [-0.25, -0.2) is 0 Å². The Kier molecular flexibility index (Phi) is 4.69. The van der Waals surface area contributed by atoms with Crippen LogP contribution in [-0.2, 0) is 0 Å². The molecule has 1 aromatic carbocycles. The average Bonchev–Trinajstić information content (AvgIpc) is 2.96. The van der Waals surface area contributed by atoms with Gasteiger partial charge in [0.15, 0.2) is 0 Å². The van der Waals surface area contributed by atoms with E-state index in [1.54, 1.807) is 7.11 Å². The predicted octanol–water partition coefficient (Wildman–Crippen LogP) is 3.73. The van der Waals surface area contributed by atoms with Gasteiger partial charge in [0.2, 0.25) is 0 Å². The second-order valence-electron chi connectivity index (χ2n) is 6.61. The topological polar surface area (TPSA) is 33.3 Å². The first kappa shape index (κ1) is 14.7. The van der Waals surface area contributed by atoms with Gasteiger partial charge in [0.1, 0.15) is 5.75 Å². The minimum Gasteiger partial charge on any atom is -0.495 e. The summed E-state index contributed by atoms with van der Waals surface area (Å²) in [5, 5.41) is 7.53. The molecule has 3 nitrogen and oxygen atoms in total. The van der Waals surface area contributed by atoms with Gasteiger partial charge >= 0.3 is 0 Å². The lowest BCUT2D eigenvalue weighted by Gasteiger charge is -2.33. The van der Waals surface area contributed by atoms with Gasteiger partial charge < -0.3 is 15.4 Å². The summed E-state index contributed by atoms with van der Waals surface area (Å²) in [6.45, 7) is 3.33. The van der Waals surface area contributed by atoms with Gasteiger partial charge in [-0.2, -0.15) is 0 Å². The van der Waals surface area contributed by atoms with Crippen LogP contribution in [0.2, 0.25) is 0 Å². The Labute approximate surface area is 128 Å². The predicted molar refractivity (Wildman–Crippen MR) is 88.1 cm³/mol. The minimum atomic E-state index is 0.580. The van der Waals surface area contributed by atoms with E-state index in [2.05, 4.69) is 35.8 Å². The number of piperidine rings is 1. The summed E-state index contributed by atoms with van der Waals surface area (Å²) < 4.78 is 5.51. The summed E-state index contributed by atoms with van der Waals surface area (Å²) in [5.41, 5.74) is 2.44. The van der Waals surface area contributed by atoms with E-state index in [0.29, 0.717) is 12.1 Å². The molecule has 0 radical (unpaired) electrons. The van der Waals surface area contributed by atoms with E-state index in [4.69, 9.17) is 4.74 Å². The lowest BCUT2D eigenvalue weighted by Crippen LogP contribution is -2.44. The third-order valence-electron chi connectivity index (χ3n) is 5.13. The highest BCUT2D eigenvalue weighted by molar-refractivity contribution is 5.58. The molecule has 0 spiro atoms. The molecule has 0 aromatic heterocycles. The number of hydrogen-bond donors (Lipinski definition) is 2. The first-order valence-corrected chi connectivity index (χ1v) is 8.42. The van der Waals surface area contributed by atoms with Crippen molar-refractivity contribution in [2.75, 3.05) is 19.0 Å². The smallest absolute Gasteiger partial charge is 0.141 e. The number of rotatable bonds is 4. The van der Waals surface area contributed by atoms with Gasteiger partial charge in [-0.15, -0.1) is 0 Å². The van der Waals surface area contributed by atoms with E-state index in [0.717, 1.165) is 17.4 Å². The molecule has 3 atom stereocenters. The quantitative estimate of drug-likeness (QED) is 0.886. The van der Waals surface area contributed by atoms with E-state index >= 15 is 0 Å². The van der Waals surface area contributed by atoms with E-state index in [1.165, 1.54) is 50.6 Å². The number of benzene rings is 1. The number of anilines is 1. The molecule has 116 valence electrons. The van der Waals surface area contributed by atoms with Crippen LogP contribution < -0.4 is 15.4 Å². The molecule has 1 aromatic rings. The number of methoxy groups -OCH3 is 1. The van der Waals surface area contributed by atoms with Crippen LogP contribution in [0.4, 0.5) is 5.69 Å². The summed E-state index contributed by atoms with van der Waals surface area (Å²) in [4.78, 5) is 0. The van der Waals surface area contributed by atoms with E-state index in [1.807, 2.05) is 0 Å². The van der Waals surface area contributed by atoms with Crippen molar-refractivity contribution < 1.29 is 4.74 Å². The molecule has 1 aliphatic heterocycles. The normalized spacial score (nSPS) is 29.3. The summed E-state index contributed by atoms with van der Waals surface area (Å²) in [6, 6.07) is 7.67. The molecule has 1 aliphatic carbocycles. The fourth-order valence-electron chi connectivity index (χ4n) is 4.03. The molecule has 2 N–H and O–H groups in total. The maximum Gasteiger partial charge on any atom is 0.141 e. The largest absolute Gasteiger partial charge is 0.495 e. The van der Waals surface area contributed by atoms with Gasteiger partial charge in [0.05, 0.1) is 12.8 Å². The van der Waals surface area contributed by atoms with Crippen LogP contribution in [0.1, 0.15) is 44.1 Å².